The van der Waals surface area contributed by atoms with Crippen molar-refractivity contribution in [3.05, 3.63) is 85.1 Å². The second-order valence-electron chi connectivity index (χ2n) is 20.2. The summed E-state index contributed by atoms with van der Waals surface area (Å²) in [6.45, 7) is 7.11. The minimum Gasteiger partial charge on any atom is -0.469 e. The Morgan fingerprint density at radius 2 is 1.33 bits per heavy atom. The predicted molar refractivity (Wildman–Crippen MR) is 276 cm³/mol. The van der Waals surface area contributed by atoms with Crippen LogP contribution in [-0.2, 0) is 38.1 Å². The molecule has 0 aliphatic carbocycles. The highest BCUT2D eigenvalue weighted by molar-refractivity contribution is 5.77. The highest BCUT2D eigenvalue weighted by Crippen LogP contribution is 2.38. The second kappa shape index (κ2) is 33.3. The zero-order valence-electron chi connectivity index (χ0n) is 43.9. The zero-order valence-corrected chi connectivity index (χ0v) is 43.9. The number of amides is 1. The van der Waals surface area contributed by atoms with Gasteiger partial charge in [0.05, 0.1) is 80.6 Å². The third-order valence-electron chi connectivity index (χ3n) is 13.7. The van der Waals surface area contributed by atoms with Crippen molar-refractivity contribution in [2.45, 2.75) is 202 Å². The molecular weight excluding hydrogens is 979 g/mol. The molecule has 0 unspecified atom stereocenters. The smallest absolute Gasteiger partial charge is 0.313 e. The van der Waals surface area contributed by atoms with Crippen molar-refractivity contribution in [2.24, 2.45) is 29.2 Å². The first-order valence-electron chi connectivity index (χ1n) is 26.0. The molecule has 0 aromatic rings. The summed E-state index contributed by atoms with van der Waals surface area (Å²) >= 11 is 0. The molecule has 2 fully saturated rings. The summed E-state index contributed by atoms with van der Waals surface area (Å²) < 4.78 is 28.8. The molecule has 2 saturated heterocycles. The van der Waals surface area contributed by atoms with Crippen molar-refractivity contribution in [2.75, 3.05) is 13.7 Å². The molecule has 3 aliphatic rings. The summed E-state index contributed by atoms with van der Waals surface area (Å²) in [6.07, 6.45) is 3.94. The van der Waals surface area contributed by atoms with Gasteiger partial charge >= 0.3 is 11.9 Å². The molecule has 20 atom stereocenters. The van der Waals surface area contributed by atoms with Crippen molar-refractivity contribution in [1.29, 1.82) is 0 Å². The van der Waals surface area contributed by atoms with Gasteiger partial charge in [0, 0.05) is 50.0 Å². The Kier molecular flexibility index (Phi) is 29.0. The number of carbonyl (C=O) groups excluding carboxylic acids is 3. The van der Waals surface area contributed by atoms with Gasteiger partial charge in [0.2, 0.25) is 5.91 Å². The van der Waals surface area contributed by atoms with E-state index >= 15 is 0 Å². The lowest BCUT2D eigenvalue weighted by Crippen LogP contribution is -2.64. The Balaban J connectivity index is 1.94. The van der Waals surface area contributed by atoms with Gasteiger partial charge in [0.15, 0.2) is 12.1 Å². The van der Waals surface area contributed by atoms with Gasteiger partial charge in [-0.3, -0.25) is 14.4 Å². The van der Waals surface area contributed by atoms with E-state index in [0.29, 0.717) is 19.4 Å². The minimum atomic E-state index is -2.33. The Morgan fingerprint density at radius 3 is 1.93 bits per heavy atom. The van der Waals surface area contributed by atoms with E-state index in [1.807, 2.05) is 19.1 Å². The number of methoxy groups -OCH3 is 1. The van der Waals surface area contributed by atoms with E-state index < -0.39 is 159 Å². The van der Waals surface area contributed by atoms with E-state index in [0.717, 1.165) is 7.11 Å². The molecule has 1 amide bonds. The largest absolute Gasteiger partial charge is 0.469 e. The summed E-state index contributed by atoms with van der Waals surface area (Å²) in [5.41, 5.74) is 11.7. The van der Waals surface area contributed by atoms with Crippen LogP contribution in [0.3, 0.4) is 0 Å². The third kappa shape index (κ3) is 22.9. The fraction of sp³-hybridized carbons (Fsp3) is 0.685. The number of rotatable bonds is 9. The number of allylic oxidation sites excluding steroid dienone is 12. The number of nitrogens with two attached hydrogens (primary N) is 2. The van der Waals surface area contributed by atoms with E-state index in [9.17, 15) is 65.4 Å². The number of esters is 2. The highest BCUT2D eigenvalue weighted by Gasteiger charge is 2.51. The number of nitrogens with one attached hydrogen (secondary N) is 1. The van der Waals surface area contributed by atoms with Crippen LogP contribution in [0.15, 0.2) is 85.1 Å². The molecule has 3 heterocycles. The molecule has 0 aromatic heterocycles. The maximum Gasteiger partial charge on any atom is 0.313 e. The molecule has 2 bridgehead atoms. The van der Waals surface area contributed by atoms with Crippen LogP contribution >= 0.6 is 0 Å². The Bertz CT molecular complexity index is 1930. The molecule has 3 rings (SSSR count). The summed E-state index contributed by atoms with van der Waals surface area (Å²) in [5.74, 6) is -6.67. The van der Waals surface area contributed by atoms with Gasteiger partial charge in [-0.25, -0.2) is 0 Å². The monoisotopic (exact) mass is 1070 g/mol. The fourth-order valence-corrected chi connectivity index (χ4v) is 9.19. The van der Waals surface area contributed by atoms with Crippen LogP contribution in [0.2, 0.25) is 0 Å². The highest BCUT2D eigenvalue weighted by atomic mass is 16.7. The summed E-state index contributed by atoms with van der Waals surface area (Å²) in [4.78, 5) is 39.0. The predicted octanol–water partition coefficient (Wildman–Crippen LogP) is 0.414. The Hall–Kier alpha value is -4.01. The average molecular weight is 1070 g/mol. The van der Waals surface area contributed by atoms with E-state index in [1.54, 1.807) is 80.7 Å². The maximum absolute atomic E-state index is 13.3. The molecule has 15 N–H and O–H groups in total. The number of carbonyl (C=O) groups is 3. The van der Waals surface area contributed by atoms with Gasteiger partial charge in [-0.15, -0.1) is 0 Å². The molecule has 21 heteroatoms. The first-order chi connectivity index (χ1) is 35.5. The van der Waals surface area contributed by atoms with E-state index in [1.165, 1.54) is 13.0 Å². The molecule has 0 saturated carbocycles. The number of hydrogen-bond donors (Lipinski definition) is 13. The molecular formula is C54H87N3O18. The third-order valence-corrected chi connectivity index (χ3v) is 13.7. The lowest BCUT2D eigenvalue weighted by Gasteiger charge is -2.46. The van der Waals surface area contributed by atoms with Crippen molar-refractivity contribution in [3.63, 3.8) is 0 Å². The molecule has 0 spiro atoms. The van der Waals surface area contributed by atoms with Crippen LogP contribution in [-0.4, -0.2) is 186 Å². The Labute approximate surface area is 440 Å². The van der Waals surface area contributed by atoms with Crippen LogP contribution in [0.4, 0.5) is 0 Å². The lowest BCUT2D eigenvalue weighted by molar-refractivity contribution is -0.309. The van der Waals surface area contributed by atoms with E-state index in [4.69, 9.17) is 35.2 Å². The second-order valence-corrected chi connectivity index (χ2v) is 20.2. The van der Waals surface area contributed by atoms with Crippen LogP contribution in [0.5, 0.6) is 0 Å². The van der Waals surface area contributed by atoms with Gasteiger partial charge in [0.25, 0.3) is 0 Å². The first-order valence-corrected chi connectivity index (χ1v) is 26.0. The standard InChI is InChI=1S/C54H87N3O18/c1-32-19-16-14-12-10-8-6-7-9-11-13-15-17-21-40(74-53-51(68)48(50(67)35(4)73-53)57-45(64)25-36(56)20-18-24-55)29-44-47(52(69)71-5)43(63)31-54(70,75-44)30-39(60)27-42(62)41(61)23-22-37(58)26-38(59)28-46(65)72-34(3)33(2)49(32)66/h6-17,19,21,32-44,47-51,53,58-63,66-68,70H,18,20,22-31,55-56H2,1-5H3,(H,57,64)/t32-,33-,34-,35+,36-,37+,38+,39-,40-,41+,42+,43-,44-,47+,48-,49+,50+,51-,53-,54+/m0/s1. The number of hydrogen-bond acceptors (Lipinski definition) is 20. The van der Waals surface area contributed by atoms with Gasteiger partial charge in [-0.2, -0.15) is 0 Å². The normalized spacial score (nSPS) is 38.3. The maximum atomic E-state index is 13.3. The summed E-state index contributed by atoms with van der Waals surface area (Å²) in [6, 6.07) is -1.80. The number of cyclic esters (lactones) is 1. The van der Waals surface area contributed by atoms with Crippen LogP contribution in [0.1, 0.15) is 98.3 Å². The topological polar surface area (TPSA) is 364 Å². The van der Waals surface area contributed by atoms with Crippen LogP contribution < -0.4 is 16.8 Å². The molecule has 21 nitrogen and oxygen atoms in total. The number of ether oxygens (including phenoxy) is 5. The quantitative estimate of drug-likeness (QED) is 0.139. The summed E-state index contributed by atoms with van der Waals surface area (Å²) in [5, 5.41) is 113. The average Bonchev–Trinajstić information content (AvgIpc) is 3.33. The number of aliphatic hydroxyl groups is 10. The Morgan fingerprint density at radius 1 is 0.733 bits per heavy atom. The van der Waals surface area contributed by atoms with Gasteiger partial charge in [-0.05, 0) is 52.5 Å². The molecule has 426 valence electrons. The molecule has 3 aliphatic heterocycles. The van der Waals surface area contributed by atoms with Crippen molar-refractivity contribution in [1.82, 2.24) is 5.32 Å². The van der Waals surface area contributed by atoms with Gasteiger partial charge < -0.3 is 91.5 Å². The minimum absolute atomic E-state index is 0.110. The van der Waals surface area contributed by atoms with Crippen LogP contribution in [0, 0.1) is 17.8 Å². The first kappa shape index (κ1) is 65.3. The fourth-order valence-electron chi connectivity index (χ4n) is 9.19. The van der Waals surface area contributed by atoms with Gasteiger partial charge in [0.1, 0.15) is 24.2 Å². The van der Waals surface area contributed by atoms with E-state index in [-0.39, 0.29) is 38.0 Å². The molecule has 75 heavy (non-hydrogen) atoms. The number of fused-ring (bicyclic) bond motifs is 2. The van der Waals surface area contributed by atoms with Gasteiger partial charge in [-0.1, -0.05) is 98.9 Å². The SMILES string of the molecule is COC(=O)[C@H]1[C@@H]2C[C@@H](O[C@@H]3O[C@H](C)[C@@H](O)[C@H](NC(=O)C[C@@H](N)CCCN)[C@@H]3O)C=CC=CC=CC=CC=CC=CC=C[C@H](C)[C@@H](O)[C@@H](C)[C@H](C)OC(=O)C[C@H](O)C[C@H](O)CC[C@@H](O)[C@H](O)C[C@H](O)C[C@](O)(C[C@@H]1O)O2. The van der Waals surface area contributed by atoms with Crippen LogP contribution in [0.25, 0.3) is 0 Å². The van der Waals surface area contributed by atoms with E-state index in [2.05, 4.69) is 5.32 Å². The number of aliphatic hydroxyl groups excluding tert-OH is 9. The summed E-state index contributed by atoms with van der Waals surface area (Å²) in [7, 11) is 1.10. The van der Waals surface area contributed by atoms with Crippen molar-refractivity contribution < 1.29 is 89.1 Å². The zero-order chi connectivity index (χ0) is 55.8. The molecule has 0 radical (unpaired) electrons. The van der Waals surface area contributed by atoms with Crippen molar-refractivity contribution in [3.8, 4) is 0 Å². The van der Waals surface area contributed by atoms with Crippen molar-refractivity contribution >= 4 is 17.8 Å². The lowest BCUT2D eigenvalue weighted by atomic mass is 9.82. The molecule has 0 aromatic carbocycles.